The highest BCUT2D eigenvalue weighted by molar-refractivity contribution is 6.37. The van der Waals surface area contributed by atoms with Gasteiger partial charge in [0, 0.05) is 17.8 Å². The van der Waals surface area contributed by atoms with E-state index in [9.17, 15) is 0 Å². The topological polar surface area (TPSA) is 27.7 Å². The summed E-state index contributed by atoms with van der Waals surface area (Å²) < 4.78 is 165. The summed E-state index contributed by atoms with van der Waals surface area (Å²) in [4.78, 5) is 0. The van der Waals surface area contributed by atoms with Crippen LogP contribution in [0.15, 0.2) is 218 Å². The van der Waals surface area contributed by atoms with E-state index in [2.05, 4.69) is 0 Å². The number of hydrogen-bond donors (Lipinski definition) is 0. The number of rotatable bonds is 27. The Balaban J connectivity index is 1.50. The minimum absolute atomic E-state index is 0.287. The van der Waals surface area contributed by atoms with Crippen LogP contribution in [0.2, 0.25) is 0 Å². The fourth-order valence-corrected chi connectivity index (χ4v) is 12.2. The highest BCUT2D eigenvalue weighted by Gasteiger charge is 2.57. The molecule has 0 bridgehead atoms. The van der Waals surface area contributed by atoms with Crippen molar-refractivity contribution in [1.29, 1.82) is 0 Å². The van der Waals surface area contributed by atoms with Crippen LogP contribution in [0.25, 0.3) is 0 Å². The SMILES string of the molecule is CCCCC(c1ccc(F)cc1)C(OB(OC(c1ccc(F)cc1)(c1ccc(F)cc1)C(CCCC)c1ccc(F)cc1)OC(c1ccc(F)cc1)(c1ccc(F)cc1)C(CCCC)c1ccc(F)cc1)(c1ccc(F)cc1)c1ccc(F)cc1. The van der Waals surface area contributed by atoms with Crippen LogP contribution in [0.3, 0.4) is 0 Å². The largest absolute Gasteiger partial charge is 0.642 e. The van der Waals surface area contributed by atoms with Crippen molar-refractivity contribution in [1.82, 2.24) is 0 Å². The second-order valence-electron chi connectivity index (χ2n) is 21.6. The highest BCUT2D eigenvalue weighted by Crippen LogP contribution is 2.56. The maximum absolute atomic E-state index is 15.7. The van der Waals surface area contributed by atoms with Crippen LogP contribution in [0.4, 0.5) is 39.5 Å². The zero-order chi connectivity index (χ0) is 60.1. The Morgan fingerprint density at radius 1 is 0.259 bits per heavy atom. The van der Waals surface area contributed by atoms with Crippen molar-refractivity contribution in [3.8, 4) is 0 Å². The van der Waals surface area contributed by atoms with Crippen LogP contribution in [-0.4, -0.2) is 7.32 Å². The Bertz CT molecular complexity index is 3000. The molecule has 0 amide bonds. The molecule has 0 aliphatic heterocycles. The molecule has 0 heterocycles. The van der Waals surface area contributed by atoms with Gasteiger partial charge in [0.15, 0.2) is 0 Å². The molecule has 9 aromatic rings. The van der Waals surface area contributed by atoms with Gasteiger partial charge in [0.2, 0.25) is 0 Å². The average Bonchev–Trinajstić information content (AvgIpc) is 0.970. The second kappa shape index (κ2) is 28.0. The van der Waals surface area contributed by atoms with Crippen molar-refractivity contribution < 1.29 is 53.5 Å². The van der Waals surface area contributed by atoms with E-state index in [1.807, 2.05) is 20.8 Å². The van der Waals surface area contributed by atoms with Crippen molar-refractivity contribution in [2.45, 2.75) is 113 Å². The Morgan fingerprint density at radius 3 is 0.565 bits per heavy atom. The summed E-state index contributed by atoms with van der Waals surface area (Å²) in [7, 11) is -2.17. The van der Waals surface area contributed by atoms with E-state index in [1.165, 1.54) is 182 Å². The summed E-state index contributed by atoms with van der Waals surface area (Å²) in [6.07, 6.45) is 4.36. The molecule has 9 rings (SSSR count). The van der Waals surface area contributed by atoms with Gasteiger partial charge in [-0.2, -0.15) is 0 Å². The van der Waals surface area contributed by atoms with Crippen molar-refractivity contribution >= 4 is 7.32 Å². The normalized spacial score (nSPS) is 13.1. The number of unbranched alkanes of at least 4 members (excludes halogenated alkanes) is 3. The molecular weight excluding hydrogens is 1090 g/mol. The van der Waals surface area contributed by atoms with Crippen molar-refractivity contribution in [3.63, 3.8) is 0 Å². The van der Waals surface area contributed by atoms with Gasteiger partial charge in [0.25, 0.3) is 0 Å². The van der Waals surface area contributed by atoms with E-state index in [1.54, 1.807) is 36.4 Å². The summed E-state index contributed by atoms with van der Waals surface area (Å²) in [5, 5.41) is 0. The third-order valence-corrected chi connectivity index (χ3v) is 16.3. The zero-order valence-corrected chi connectivity index (χ0v) is 47.6. The molecule has 0 spiro atoms. The lowest BCUT2D eigenvalue weighted by Crippen LogP contribution is -2.54. The Morgan fingerprint density at radius 2 is 0.412 bits per heavy atom. The fraction of sp³-hybridized carbons (Fsp3) is 0.250. The lowest BCUT2D eigenvalue weighted by Gasteiger charge is -2.50. The Labute approximate surface area is 492 Å². The Kier molecular flexibility index (Phi) is 20.4. The van der Waals surface area contributed by atoms with Crippen LogP contribution >= 0.6 is 0 Å². The molecule has 0 aliphatic carbocycles. The van der Waals surface area contributed by atoms with E-state index < -0.39 is 94.2 Å². The molecule has 3 nitrogen and oxygen atoms in total. The van der Waals surface area contributed by atoms with E-state index in [-0.39, 0.29) is 19.3 Å². The maximum atomic E-state index is 15.7. The van der Waals surface area contributed by atoms with Gasteiger partial charge >= 0.3 is 7.32 Å². The molecule has 3 atom stereocenters. The number of hydrogen-bond acceptors (Lipinski definition) is 3. The van der Waals surface area contributed by atoms with Gasteiger partial charge < -0.3 is 14.0 Å². The predicted octanol–water partition coefficient (Wildman–Crippen LogP) is 20.0. The summed E-state index contributed by atoms with van der Waals surface area (Å²) in [5.74, 6) is -7.99. The minimum Gasteiger partial charge on any atom is -0.371 e. The smallest absolute Gasteiger partial charge is 0.371 e. The first-order valence-corrected chi connectivity index (χ1v) is 29.0. The molecule has 0 radical (unpaired) electrons. The molecule has 3 unspecified atom stereocenters. The molecular formula is C72H66BF9O3. The first-order chi connectivity index (χ1) is 41.1. The third kappa shape index (κ3) is 13.7. The van der Waals surface area contributed by atoms with Gasteiger partial charge in [-0.25, -0.2) is 39.5 Å². The summed E-state index contributed by atoms with van der Waals surface area (Å²) in [6, 6.07) is 51.0. The lowest BCUT2D eigenvalue weighted by molar-refractivity contribution is -0.0892. The van der Waals surface area contributed by atoms with Gasteiger partial charge in [-0.15, -0.1) is 0 Å². The first kappa shape index (κ1) is 61.8. The van der Waals surface area contributed by atoms with Gasteiger partial charge in [-0.1, -0.05) is 168 Å². The summed E-state index contributed by atoms with van der Waals surface area (Å²) in [6.45, 7) is 5.98. The van der Waals surface area contributed by atoms with E-state index in [0.717, 1.165) is 0 Å². The van der Waals surface area contributed by atoms with Crippen LogP contribution in [-0.2, 0) is 30.8 Å². The molecule has 0 aromatic heterocycles. The van der Waals surface area contributed by atoms with E-state index >= 15 is 39.5 Å². The molecule has 0 fully saturated rings. The van der Waals surface area contributed by atoms with E-state index in [0.29, 0.717) is 88.6 Å². The monoisotopic (exact) mass is 1160 g/mol. The second-order valence-corrected chi connectivity index (χ2v) is 21.6. The van der Waals surface area contributed by atoms with Gasteiger partial charge in [-0.3, -0.25) is 0 Å². The van der Waals surface area contributed by atoms with Crippen LogP contribution in [0, 0.1) is 52.4 Å². The lowest BCUT2D eigenvalue weighted by atomic mass is 9.68. The molecule has 438 valence electrons. The van der Waals surface area contributed by atoms with Crippen molar-refractivity contribution in [2.24, 2.45) is 0 Å². The Hall–Kier alpha value is -7.71. The van der Waals surface area contributed by atoms with Gasteiger partial charge in [-0.05, 0) is 179 Å². The predicted molar refractivity (Wildman–Crippen MR) is 316 cm³/mol. The standard InChI is InChI=1S/C72H66BF9O3/c1-4-7-10-67(49-13-31-58(74)32-14-49)70(52-19-37-61(77)38-20-52,53-21-39-62(78)40-22-53)83-73(84-71(54-23-41-63(79)42-24-54,55-25-43-64(80)44-26-55)68(11-8-5-2)50-15-33-59(75)34-16-50)85-72(56-27-45-65(81)46-28-56,57-29-47-66(82)48-30-57)69(12-9-6-3)51-17-35-60(76)36-18-51/h13-48,67-69H,4-12H2,1-3H3. The number of benzene rings is 9. The minimum atomic E-state index is -2.17. The molecule has 0 N–H and O–H groups in total. The van der Waals surface area contributed by atoms with Crippen molar-refractivity contribution in [2.75, 3.05) is 0 Å². The van der Waals surface area contributed by atoms with Crippen LogP contribution in [0.1, 0.15) is 146 Å². The van der Waals surface area contributed by atoms with Crippen molar-refractivity contribution in [3.05, 3.63) is 321 Å². The quantitative estimate of drug-likeness (QED) is 0.0379. The van der Waals surface area contributed by atoms with E-state index in [4.69, 9.17) is 14.0 Å². The van der Waals surface area contributed by atoms with Gasteiger partial charge in [0.05, 0.1) is 0 Å². The van der Waals surface area contributed by atoms with Crippen LogP contribution < -0.4 is 0 Å². The highest BCUT2D eigenvalue weighted by atomic mass is 19.2. The maximum Gasteiger partial charge on any atom is 0.642 e. The number of halogens is 9. The molecule has 85 heavy (non-hydrogen) atoms. The summed E-state index contributed by atoms with van der Waals surface area (Å²) >= 11 is 0. The summed E-state index contributed by atoms with van der Waals surface area (Å²) in [5.41, 5.74) is -2.60. The molecule has 0 saturated carbocycles. The molecule has 0 aliphatic rings. The molecule has 0 saturated heterocycles. The first-order valence-electron chi connectivity index (χ1n) is 29.0. The molecule has 9 aromatic carbocycles. The van der Waals surface area contributed by atoms with Crippen LogP contribution in [0.5, 0.6) is 0 Å². The zero-order valence-electron chi connectivity index (χ0n) is 47.6. The average molecular weight is 1160 g/mol. The van der Waals surface area contributed by atoms with Gasteiger partial charge in [0.1, 0.15) is 69.2 Å². The fourth-order valence-electron chi connectivity index (χ4n) is 12.2. The third-order valence-electron chi connectivity index (χ3n) is 16.3. The molecule has 13 heteroatoms.